The fraction of sp³-hybridized carbons (Fsp3) is 0.455. The van der Waals surface area contributed by atoms with Crippen molar-refractivity contribution in [1.29, 1.82) is 0 Å². The van der Waals surface area contributed by atoms with E-state index in [-0.39, 0.29) is 5.92 Å². The van der Waals surface area contributed by atoms with Gasteiger partial charge >= 0.3 is 7.60 Å². The van der Waals surface area contributed by atoms with E-state index in [1.807, 2.05) is 79.4 Å². The Balaban J connectivity index is 2.60. The van der Waals surface area contributed by atoms with Gasteiger partial charge in [0.25, 0.3) is 10.1 Å². The molecule has 0 aliphatic rings. The van der Waals surface area contributed by atoms with E-state index in [2.05, 4.69) is 0 Å². The van der Waals surface area contributed by atoms with Gasteiger partial charge in [0.05, 0.1) is 6.26 Å². The van der Waals surface area contributed by atoms with Crippen LogP contribution in [0.25, 0.3) is 0 Å². The first-order valence-electron chi connectivity index (χ1n) is 10.0. The molecule has 0 spiro atoms. The molecule has 0 heterocycles. The Bertz CT molecular complexity index is 903. The second kappa shape index (κ2) is 11.4. The maximum atomic E-state index is 13.7. The lowest BCUT2D eigenvalue weighted by atomic mass is 10.1. The average molecular weight is 470 g/mol. The van der Waals surface area contributed by atoms with E-state index in [9.17, 15) is 13.0 Å². The minimum Gasteiger partial charge on any atom is -0.311 e. The lowest BCUT2D eigenvalue weighted by Gasteiger charge is -2.40. The summed E-state index contributed by atoms with van der Waals surface area (Å²) in [6, 6.07) is 19.4. The zero-order valence-corrected chi connectivity index (χ0v) is 20.4. The first-order chi connectivity index (χ1) is 14.6. The van der Waals surface area contributed by atoms with E-state index in [4.69, 9.17) is 13.2 Å². The number of hydrogen-bond donors (Lipinski definition) is 0. The molecule has 0 amide bonds. The van der Waals surface area contributed by atoms with Gasteiger partial charge in [-0.15, -0.1) is 0 Å². The van der Waals surface area contributed by atoms with Crippen molar-refractivity contribution in [3.05, 3.63) is 71.8 Å². The van der Waals surface area contributed by atoms with Crippen LogP contribution in [0.2, 0.25) is 0 Å². The molecule has 0 radical (unpaired) electrons. The molecule has 9 heteroatoms. The number of hydrogen-bond acceptors (Lipinski definition) is 7. The Labute approximate surface area is 186 Å². The summed E-state index contributed by atoms with van der Waals surface area (Å²) >= 11 is 0. The highest BCUT2D eigenvalue weighted by Crippen LogP contribution is 2.56. The Hall–Kier alpha value is -1.54. The first-order valence-corrected chi connectivity index (χ1v) is 13.4. The summed E-state index contributed by atoms with van der Waals surface area (Å²) in [5.41, 5.74) is 1.95. The van der Waals surface area contributed by atoms with Crippen LogP contribution in [0.5, 0.6) is 0 Å². The Morgan fingerprint density at radius 3 is 1.61 bits per heavy atom. The summed E-state index contributed by atoms with van der Waals surface area (Å²) in [5, 5.41) is 0. The summed E-state index contributed by atoms with van der Waals surface area (Å²) in [6.45, 7) is 4.43. The standard InChI is InChI=1S/C22H32NO6PS/c1-18(2)21(29-31(5,25)26)22(30(24,27-3)28-4)23(16-19-12-8-6-9-13-19)17-20-14-10-7-11-15-20/h6-15,18,21-22H,16-17H2,1-5H3/t21-,22+/m1/s1. The van der Waals surface area contributed by atoms with Crippen molar-refractivity contribution in [3.8, 4) is 0 Å². The summed E-state index contributed by atoms with van der Waals surface area (Å²) < 4.78 is 54.1. The van der Waals surface area contributed by atoms with E-state index in [0.717, 1.165) is 17.4 Å². The minimum absolute atomic E-state index is 0.285. The molecule has 7 nitrogen and oxygen atoms in total. The van der Waals surface area contributed by atoms with Crippen LogP contribution >= 0.6 is 7.60 Å². The number of nitrogens with zero attached hydrogens (tertiary/aromatic N) is 1. The molecule has 0 saturated carbocycles. The second-order valence-corrected chi connectivity index (χ2v) is 11.6. The normalized spacial score (nSPS) is 14.7. The molecule has 0 bridgehead atoms. The summed E-state index contributed by atoms with van der Waals surface area (Å²) in [4.78, 5) is 1.91. The van der Waals surface area contributed by atoms with Gasteiger partial charge in [-0.3, -0.25) is 13.6 Å². The van der Waals surface area contributed by atoms with Gasteiger partial charge in [0.2, 0.25) is 0 Å². The van der Waals surface area contributed by atoms with Crippen LogP contribution in [0.4, 0.5) is 0 Å². The lowest BCUT2D eigenvalue weighted by Crippen LogP contribution is -2.47. The molecule has 2 rings (SSSR count). The van der Waals surface area contributed by atoms with Gasteiger partial charge in [0.1, 0.15) is 11.9 Å². The van der Waals surface area contributed by atoms with Crippen molar-refractivity contribution in [2.75, 3.05) is 20.5 Å². The van der Waals surface area contributed by atoms with Crippen LogP contribution in [0.15, 0.2) is 60.7 Å². The fourth-order valence-electron chi connectivity index (χ4n) is 3.46. The van der Waals surface area contributed by atoms with E-state index in [1.54, 1.807) is 0 Å². The molecule has 0 aliphatic heterocycles. The predicted octanol–water partition coefficient (Wildman–Crippen LogP) is 4.50. The lowest BCUT2D eigenvalue weighted by molar-refractivity contribution is 0.0543. The van der Waals surface area contributed by atoms with Crippen LogP contribution < -0.4 is 0 Å². The van der Waals surface area contributed by atoms with Crippen LogP contribution in [-0.2, 0) is 41.0 Å². The fourth-order valence-corrected chi connectivity index (χ4v) is 6.19. The quantitative estimate of drug-likeness (QED) is 0.334. The maximum absolute atomic E-state index is 13.7. The van der Waals surface area contributed by atoms with Crippen LogP contribution in [0.3, 0.4) is 0 Å². The average Bonchev–Trinajstić information content (AvgIpc) is 2.73. The zero-order chi connectivity index (χ0) is 23.1. The Morgan fingerprint density at radius 2 is 1.29 bits per heavy atom. The van der Waals surface area contributed by atoms with Gasteiger partial charge in [-0.05, 0) is 17.0 Å². The van der Waals surface area contributed by atoms with E-state index >= 15 is 0 Å². The molecule has 31 heavy (non-hydrogen) atoms. The third kappa shape index (κ3) is 7.52. The molecule has 2 aromatic rings. The number of rotatable bonds is 12. The molecule has 0 saturated heterocycles. The van der Waals surface area contributed by atoms with Crippen LogP contribution in [-0.4, -0.2) is 45.7 Å². The topological polar surface area (TPSA) is 82.1 Å². The van der Waals surface area contributed by atoms with Gasteiger partial charge in [0, 0.05) is 27.3 Å². The largest absolute Gasteiger partial charge is 0.349 e. The molecular formula is C22H32NO6PS. The van der Waals surface area contributed by atoms with Crippen molar-refractivity contribution in [3.63, 3.8) is 0 Å². The van der Waals surface area contributed by atoms with Crippen molar-refractivity contribution in [1.82, 2.24) is 4.90 Å². The van der Waals surface area contributed by atoms with Gasteiger partial charge in [-0.1, -0.05) is 74.5 Å². The minimum atomic E-state index is -3.83. The van der Waals surface area contributed by atoms with Gasteiger partial charge in [-0.25, -0.2) is 0 Å². The van der Waals surface area contributed by atoms with E-state index in [1.165, 1.54) is 14.2 Å². The molecule has 172 valence electrons. The second-order valence-electron chi connectivity index (χ2n) is 7.70. The highest BCUT2D eigenvalue weighted by atomic mass is 32.2. The van der Waals surface area contributed by atoms with Gasteiger partial charge in [-0.2, -0.15) is 8.42 Å². The van der Waals surface area contributed by atoms with E-state index < -0.39 is 29.6 Å². The van der Waals surface area contributed by atoms with Gasteiger partial charge < -0.3 is 9.05 Å². The predicted molar refractivity (Wildman–Crippen MR) is 122 cm³/mol. The molecular weight excluding hydrogens is 437 g/mol. The SMILES string of the molecule is COP(=O)(OC)[C@@H]([C@H](OS(C)(=O)=O)C(C)C)N(Cc1ccccc1)Cc1ccccc1. The van der Waals surface area contributed by atoms with Gasteiger partial charge in [0.15, 0.2) is 0 Å². The zero-order valence-electron chi connectivity index (χ0n) is 18.7. The maximum Gasteiger partial charge on any atom is 0.349 e. The summed E-state index contributed by atoms with van der Waals surface area (Å²) in [5.74, 6) is -1.25. The van der Waals surface area contributed by atoms with Crippen LogP contribution in [0, 0.1) is 5.92 Å². The third-order valence-corrected chi connectivity index (χ3v) is 7.76. The van der Waals surface area contributed by atoms with Crippen molar-refractivity contribution in [2.45, 2.75) is 38.8 Å². The molecule has 2 atom stereocenters. The summed E-state index contributed by atoms with van der Waals surface area (Å²) in [6.07, 6.45) is 0.0380. The Kier molecular flexibility index (Phi) is 9.43. The van der Waals surface area contributed by atoms with E-state index in [0.29, 0.717) is 13.1 Å². The molecule has 0 fully saturated rings. The van der Waals surface area contributed by atoms with Crippen molar-refractivity contribution < 1.29 is 26.2 Å². The highest BCUT2D eigenvalue weighted by Gasteiger charge is 2.47. The molecule has 2 aromatic carbocycles. The smallest absolute Gasteiger partial charge is 0.311 e. The molecule has 0 N–H and O–H groups in total. The Morgan fingerprint density at radius 1 is 0.871 bits per heavy atom. The molecule has 0 aromatic heterocycles. The third-order valence-electron chi connectivity index (χ3n) is 4.90. The molecule has 0 unspecified atom stereocenters. The highest BCUT2D eigenvalue weighted by molar-refractivity contribution is 7.86. The van der Waals surface area contributed by atoms with Crippen molar-refractivity contribution in [2.24, 2.45) is 5.92 Å². The molecule has 0 aliphatic carbocycles. The van der Waals surface area contributed by atoms with Crippen molar-refractivity contribution >= 4 is 17.7 Å². The number of benzene rings is 2. The monoisotopic (exact) mass is 469 g/mol. The first kappa shape index (κ1) is 25.7. The summed E-state index contributed by atoms with van der Waals surface area (Å²) in [7, 11) is -5.00. The van der Waals surface area contributed by atoms with Crippen LogP contribution in [0.1, 0.15) is 25.0 Å².